The molecule has 0 spiro atoms. The number of rotatable bonds is 4. The van der Waals surface area contributed by atoms with Crippen LogP contribution >= 0.6 is 24.0 Å². The average molecular weight is 502 g/mol. The molecule has 2 atom stereocenters. The Labute approximate surface area is 173 Å². The number of carbonyl (C=O) groups excluding carboxylic acids is 1. The summed E-state index contributed by atoms with van der Waals surface area (Å²) in [6.45, 7) is 5.35. The first-order valence-electron chi connectivity index (χ1n) is 8.74. The zero-order valence-electron chi connectivity index (χ0n) is 16.0. The third-order valence-electron chi connectivity index (χ3n) is 5.22. The van der Waals surface area contributed by atoms with Gasteiger partial charge in [0.15, 0.2) is 5.96 Å². The number of guanidine groups is 1. The third-order valence-corrected chi connectivity index (χ3v) is 6.52. The number of carbonyl (C=O) groups is 1. The summed E-state index contributed by atoms with van der Waals surface area (Å²) >= 11 is 0. The lowest BCUT2D eigenvalue weighted by molar-refractivity contribution is -0.145. The fraction of sp³-hybridized carbons (Fsp3) is 0.875. The lowest BCUT2D eigenvalue weighted by atomic mass is 9.98. The number of nitrogens with one attached hydrogen (secondary N) is 1. The fourth-order valence-electron chi connectivity index (χ4n) is 3.61. The van der Waals surface area contributed by atoms with E-state index in [0.717, 1.165) is 31.9 Å². The lowest BCUT2D eigenvalue weighted by Crippen LogP contribution is -2.45. The summed E-state index contributed by atoms with van der Waals surface area (Å²) in [4.78, 5) is 18.3. The molecule has 0 aromatic carbocycles. The summed E-state index contributed by atoms with van der Waals surface area (Å²) in [5, 5.41) is 3.39. The van der Waals surface area contributed by atoms with Crippen molar-refractivity contribution in [2.45, 2.75) is 19.8 Å². The number of nitrogens with zero attached hydrogens (tertiary/aromatic N) is 3. The smallest absolute Gasteiger partial charge is 0.310 e. The van der Waals surface area contributed by atoms with Crippen molar-refractivity contribution in [3.8, 4) is 0 Å². The number of likely N-dealkylation sites (tertiary alicyclic amines) is 1. The van der Waals surface area contributed by atoms with Crippen LogP contribution in [-0.4, -0.2) is 82.7 Å². The van der Waals surface area contributed by atoms with Crippen molar-refractivity contribution < 1.29 is 17.9 Å². The minimum Gasteiger partial charge on any atom is -0.469 e. The second-order valence-corrected chi connectivity index (χ2v) is 9.03. The number of hydrogen-bond acceptors (Lipinski definition) is 5. The van der Waals surface area contributed by atoms with Gasteiger partial charge in [-0.1, -0.05) is 6.92 Å². The standard InChI is InChI=1S/C16H30N4O4S.HI/c1-12-10-19(11-14(12)15(21)24-3)16(17-2)18-9-13-5-7-20(8-6-13)25(4,22)23;/h12-14H,5-11H2,1-4H3,(H,17,18);1H. The van der Waals surface area contributed by atoms with E-state index in [2.05, 4.69) is 22.1 Å². The van der Waals surface area contributed by atoms with Crippen molar-refractivity contribution in [2.24, 2.45) is 22.7 Å². The van der Waals surface area contributed by atoms with Gasteiger partial charge in [-0.15, -0.1) is 24.0 Å². The highest BCUT2D eigenvalue weighted by Crippen LogP contribution is 2.24. The summed E-state index contributed by atoms with van der Waals surface area (Å²) in [5.41, 5.74) is 0. The van der Waals surface area contributed by atoms with E-state index in [4.69, 9.17) is 4.74 Å². The summed E-state index contributed by atoms with van der Waals surface area (Å²) in [7, 11) is 0.0809. The van der Waals surface area contributed by atoms with Crippen molar-refractivity contribution >= 4 is 45.9 Å². The van der Waals surface area contributed by atoms with E-state index in [-0.39, 0.29) is 41.8 Å². The van der Waals surface area contributed by atoms with E-state index in [9.17, 15) is 13.2 Å². The maximum Gasteiger partial charge on any atom is 0.310 e. The Hall–Kier alpha value is -0.620. The molecule has 2 rings (SSSR count). The summed E-state index contributed by atoms with van der Waals surface area (Å²) in [5.74, 6) is 1.15. The molecule has 2 aliphatic rings. The van der Waals surface area contributed by atoms with Crippen LogP contribution in [0.25, 0.3) is 0 Å². The first-order chi connectivity index (χ1) is 11.8. The molecule has 0 bridgehead atoms. The van der Waals surface area contributed by atoms with Crippen LogP contribution in [0, 0.1) is 17.8 Å². The SMILES string of the molecule is CN=C(NCC1CCN(S(C)(=O)=O)CC1)N1CC(C)C(C(=O)OC)C1.I. The minimum atomic E-state index is -3.08. The molecule has 2 aliphatic heterocycles. The van der Waals surface area contributed by atoms with Crippen molar-refractivity contribution in [3.63, 3.8) is 0 Å². The van der Waals surface area contributed by atoms with Crippen LogP contribution in [0.3, 0.4) is 0 Å². The third kappa shape index (κ3) is 5.95. The van der Waals surface area contributed by atoms with Crippen LogP contribution < -0.4 is 5.32 Å². The van der Waals surface area contributed by atoms with Crippen molar-refractivity contribution in [3.05, 3.63) is 0 Å². The first kappa shape index (κ1) is 23.4. The highest BCUT2D eigenvalue weighted by molar-refractivity contribution is 14.0. The summed E-state index contributed by atoms with van der Waals surface area (Å²) < 4.78 is 29.6. The predicted octanol–water partition coefficient (Wildman–Crippen LogP) is 0.592. The Bertz CT molecular complexity index is 605. The summed E-state index contributed by atoms with van der Waals surface area (Å²) in [6, 6.07) is 0. The normalized spacial score (nSPS) is 25.7. The Kier molecular flexibility index (Phi) is 9.07. The molecule has 0 aliphatic carbocycles. The average Bonchev–Trinajstić information content (AvgIpc) is 2.96. The zero-order chi connectivity index (χ0) is 18.6. The van der Waals surface area contributed by atoms with Gasteiger partial charge >= 0.3 is 5.97 Å². The van der Waals surface area contributed by atoms with Gasteiger partial charge in [0, 0.05) is 39.8 Å². The largest absolute Gasteiger partial charge is 0.469 e. The summed E-state index contributed by atoms with van der Waals surface area (Å²) in [6.07, 6.45) is 2.95. The highest BCUT2D eigenvalue weighted by Gasteiger charge is 2.37. The first-order valence-corrected chi connectivity index (χ1v) is 10.6. The number of halogens is 1. The molecule has 0 saturated carbocycles. The van der Waals surface area contributed by atoms with Crippen molar-refractivity contribution in [1.29, 1.82) is 0 Å². The number of piperidine rings is 1. The molecule has 0 aromatic rings. The van der Waals surface area contributed by atoms with Crippen molar-refractivity contribution in [1.82, 2.24) is 14.5 Å². The molecule has 0 aromatic heterocycles. The molecule has 152 valence electrons. The molecule has 0 amide bonds. The van der Waals surface area contributed by atoms with E-state index >= 15 is 0 Å². The molecule has 2 saturated heterocycles. The van der Waals surface area contributed by atoms with Gasteiger partial charge in [-0.05, 0) is 24.7 Å². The molecule has 2 unspecified atom stereocenters. The van der Waals surface area contributed by atoms with Gasteiger partial charge in [-0.25, -0.2) is 12.7 Å². The molecule has 10 heteroatoms. The number of ether oxygens (including phenoxy) is 1. The van der Waals surface area contributed by atoms with E-state index in [1.54, 1.807) is 11.4 Å². The number of hydrogen-bond donors (Lipinski definition) is 1. The van der Waals surface area contributed by atoms with Gasteiger partial charge in [0.25, 0.3) is 0 Å². The Morgan fingerprint density at radius 1 is 1.27 bits per heavy atom. The van der Waals surface area contributed by atoms with Crippen LogP contribution in [-0.2, 0) is 19.6 Å². The molecule has 26 heavy (non-hydrogen) atoms. The van der Waals surface area contributed by atoms with Gasteiger partial charge in [0.05, 0.1) is 19.3 Å². The fourth-order valence-corrected chi connectivity index (χ4v) is 4.48. The van der Waals surface area contributed by atoms with E-state index in [1.807, 2.05) is 0 Å². The predicted molar refractivity (Wildman–Crippen MR) is 112 cm³/mol. The Balaban J connectivity index is 0.00000338. The quantitative estimate of drug-likeness (QED) is 0.262. The molecular weight excluding hydrogens is 471 g/mol. The van der Waals surface area contributed by atoms with Crippen molar-refractivity contribution in [2.75, 3.05) is 53.1 Å². The molecule has 2 fully saturated rings. The van der Waals surface area contributed by atoms with Gasteiger partial charge in [-0.3, -0.25) is 9.79 Å². The zero-order valence-corrected chi connectivity index (χ0v) is 19.1. The van der Waals surface area contributed by atoms with Crippen LogP contribution in [0.15, 0.2) is 4.99 Å². The molecule has 8 nitrogen and oxygen atoms in total. The number of methoxy groups -OCH3 is 1. The van der Waals surface area contributed by atoms with Crippen LogP contribution in [0.1, 0.15) is 19.8 Å². The number of esters is 1. The maximum atomic E-state index is 11.8. The number of sulfonamides is 1. The van der Waals surface area contributed by atoms with Crippen LogP contribution in [0.4, 0.5) is 0 Å². The maximum absolute atomic E-state index is 11.8. The van der Waals surface area contributed by atoms with Crippen LogP contribution in [0.2, 0.25) is 0 Å². The Morgan fingerprint density at radius 2 is 1.88 bits per heavy atom. The topological polar surface area (TPSA) is 91.3 Å². The molecule has 2 heterocycles. The van der Waals surface area contributed by atoms with Crippen LogP contribution in [0.5, 0.6) is 0 Å². The Morgan fingerprint density at radius 3 is 2.38 bits per heavy atom. The molecule has 0 radical (unpaired) electrons. The number of aliphatic imine (C=N–C) groups is 1. The minimum absolute atomic E-state index is 0. The van der Waals surface area contributed by atoms with E-state index in [1.165, 1.54) is 13.4 Å². The second kappa shape index (κ2) is 10.1. The van der Waals surface area contributed by atoms with Gasteiger partial charge in [-0.2, -0.15) is 0 Å². The van der Waals surface area contributed by atoms with Gasteiger partial charge in [0.1, 0.15) is 0 Å². The lowest BCUT2D eigenvalue weighted by Gasteiger charge is -2.31. The van der Waals surface area contributed by atoms with E-state index < -0.39 is 10.0 Å². The molecular formula is C16H31IN4O4S. The van der Waals surface area contributed by atoms with Gasteiger partial charge < -0.3 is 15.0 Å². The second-order valence-electron chi connectivity index (χ2n) is 7.05. The van der Waals surface area contributed by atoms with Gasteiger partial charge in [0.2, 0.25) is 10.0 Å². The van der Waals surface area contributed by atoms with E-state index in [0.29, 0.717) is 25.6 Å². The highest BCUT2D eigenvalue weighted by atomic mass is 127. The molecule has 1 N–H and O–H groups in total. The monoisotopic (exact) mass is 502 g/mol.